The van der Waals surface area contributed by atoms with Crippen LogP contribution in [0.1, 0.15) is 39.5 Å². The highest BCUT2D eigenvalue weighted by Gasteiger charge is 2.14. The number of thiophene rings is 1. The van der Waals surface area contributed by atoms with E-state index in [1.54, 1.807) is 6.07 Å². The standard InChI is InChI=1S/C16H20N2OS/c1-4-11-7-6-8-12(5-2)15(11)18-16(19)14-9-13(17)10(3)20-14/h6-9H,4-5,17H2,1-3H3,(H,18,19). The largest absolute Gasteiger partial charge is 0.398 e. The van der Waals surface area contributed by atoms with Crippen LogP contribution >= 0.6 is 11.3 Å². The smallest absolute Gasteiger partial charge is 0.265 e. The van der Waals surface area contributed by atoms with Crippen LogP contribution in [0.3, 0.4) is 0 Å². The number of amides is 1. The van der Waals surface area contributed by atoms with Crippen molar-refractivity contribution in [1.29, 1.82) is 0 Å². The summed E-state index contributed by atoms with van der Waals surface area (Å²) in [5.74, 6) is -0.0783. The first-order valence-electron chi connectivity index (χ1n) is 6.84. The Hall–Kier alpha value is -1.81. The third-order valence-corrected chi connectivity index (χ3v) is 4.48. The number of benzene rings is 1. The van der Waals surface area contributed by atoms with Crippen molar-refractivity contribution in [2.24, 2.45) is 0 Å². The normalized spacial score (nSPS) is 10.6. The van der Waals surface area contributed by atoms with E-state index in [0.717, 1.165) is 23.4 Å². The van der Waals surface area contributed by atoms with Crippen LogP contribution < -0.4 is 11.1 Å². The molecule has 1 amide bonds. The van der Waals surface area contributed by atoms with Crippen LogP contribution in [0.2, 0.25) is 0 Å². The van der Waals surface area contributed by atoms with Crippen LogP contribution in [0.25, 0.3) is 0 Å². The number of nitrogens with two attached hydrogens (primary N) is 1. The minimum atomic E-state index is -0.0783. The van der Waals surface area contributed by atoms with Crippen LogP contribution in [-0.2, 0) is 12.8 Å². The van der Waals surface area contributed by atoms with Gasteiger partial charge in [0.25, 0.3) is 5.91 Å². The third kappa shape index (κ3) is 2.85. The zero-order valence-corrected chi connectivity index (χ0v) is 12.9. The number of anilines is 2. The summed E-state index contributed by atoms with van der Waals surface area (Å²) in [5, 5.41) is 3.05. The molecule has 0 aliphatic rings. The number of carbonyl (C=O) groups is 1. The van der Waals surface area contributed by atoms with Crippen LogP contribution in [0.5, 0.6) is 0 Å². The van der Waals surface area contributed by atoms with Gasteiger partial charge in [0.15, 0.2) is 0 Å². The Morgan fingerprint density at radius 3 is 2.30 bits per heavy atom. The van der Waals surface area contributed by atoms with Crippen molar-refractivity contribution in [2.45, 2.75) is 33.6 Å². The fourth-order valence-electron chi connectivity index (χ4n) is 2.19. The third-order valence-electron chi connectivity index (χ3n) is 3.42. The number of carbonyl (C=O) groups excluding carboxylic acids is 1. The van der Waals surface area contributed by atoms with Crippen molar-refractivity contribution in [1.82, 2.24) is 0 Å². The monoisotopic (exact) mass is 288 g/mol. The van der Waals surface area contributed by atoms with Gasteiger partial charge in [-0.15, -0.1) is 11.3 Å². The lowest BCUT2D eigenvalue weighted by atomic mass is 10.0. The van der Waals surface area contributed by atoms with Crippen molar-refractivity contribution in [3.05, 3.63) is 45.1 Å². The van der Waals surface area contributed by atoms with E-state index in [2.05, 4.69) is 31.3 Å². The molecule has 0 atom stereocenters. The lowest BCUT2D eigenvalue weighted by Crippen LogP contribution is -2.13. The molecule has 1 heterocycles. The predicted octanol–water partition coefficient (Wildman–Crippen LogP) is 4.02. The van der Waals surface area contributed by atoms with Gasteiger partial charge in [-0.05, 0) is 37.0 Å². The molecule has 1 aromatic carbocycles. The molecule has 1 aromatic heterocycles. The van der Waals surface area contributed by atoms with Crippen LogP contribution in [-0.4, -0.2) is 5.91 Å². The summed E-state index contributed by atoms with van der Waals surface area (Å²) in [4.78, 5) is 14.0. The molecule has 0 bridgehead atoms. The van der Waals surface area contributed by atoms with E-state index in [1.807, 2.05) is 13.0 Å². The minimum absolute atomic E-state index is 0.0783. The molecule has 0 aliphatic carbocycles. The first-order chi connectivity index (χ1) is 9.56. The number of nitrogens with one attached hydrogen (secondary N) is 1. The molecule has 0 aliphatic heterocycles. The maximum Gasteiger partial charge on any atom is 0.265 e. The molecule has 0 spiro atoms. The molecular formula is C16H20N2OS. The van der Waals surface area contributed by atoms with Crippen molar-refractivity contribution >= 4 is 28.6 Å². The van der Waals surface area contributed by atoms with Gasteiger partial charge >= 0.3 is 0 Å². The number of aryl methyl sites for hydroxylation is 3. The molecule has 20 heavy (non-hydrogen) atoms. The topological polar surface area (TPSA) is 55.1 Å². The number of hydrogen-bond donors (Lipinski definition) is 2. The molecule has 3 nitrogen and oxygen atoms in total. The summed E-state index contributed by atoms with van der Waals surface area (Å²) in [6, 6.07) is 7.90. The second-order valence-electron chi connectivity index (χ2n) is 4.73. The highest BCUT2D eigenvalue weighted by atomic mass is 32.1. The van der Waals surface area contributed by atoms with Gasteiger partial charge in [0.1, 0.15) is 0 Å². The minimum Gasteiger partial charge on any atom is -0.398 e. The Kier molecular flexibility index (Phi) is 4.45. The molecular weight excluding hydrogens is 268 g/mol. The first-order valence-corrected chi connectivity index (χ1v) is 7.66. The van der Waals surface area contributed by atoms with E-state index in [1.165, 1.54) is 22.5 Å². The van der Waals surface area contributed by atoms with Crippen molar-refractivity contribution in [3.63, 3.8) is 0 Å². The van der Waals surface area contributed by atoms with E-state index >= 15 is 0 Å². The van der Waals surface area contributed by atoms with E-state index in [9.17, 15) is 4.79 Å². The summed E-state index contributed by atoms with van der Waals surface area (Å²) in [7, 11) is 0. The fourth-order valence-corrected chi connectivity index (χ4v) is 3.02. The maximum absolute atomic E-state index is 12.4. The quantitative estimate of drug-likeness (QED) is 0.893. The summed E-state index contributed by atoms with van der Waals surface area (Å²) in [6.07, 6.45) is 1.80. The van der Waals surface area contributed by atoms with Crippen LogP contribution in [0.4, 0.5) is 11.4 Å². The van der Waals surface area contributed by atoms with Gasteiger partial charge in [-0.2, -0.15) is 0 Å². The molecule has 0 radical (unpaired) electrons. The van der Waals surface area contributed by atoms with Gasteiger partial charge in [0.05, 0.1) is 4.88 Å². The summed E-state index contributed by atoms with van der Waals surface area (Å²) >= 11 is 1.43. The highest BCUT2D eigenvalue weighted by molar-refractivity contribution is 7.14. The zero-order valence-electron chi connectivity index (χ0n) is 12.1. The molecule has 3 N–H and O–H groups in total. The van der Waals surface area contributed by atoms with Crippen molar-refractivity contribution < 1.29 is 4.79 Å². The van der Waals surface area contributed by atoms with Crippen molar-refractivity contribution in [2.75, 3.05) is 11.1 Å². The zero-order chi connectivity index (χ0) is 14.7. The van der Waals surface area contributed by atoms with Crippen LogP contribution in [0.15, 0.2) is 24.3 Å². The van der Waals surface area contributed by atoms with Gasteiger partial charge < -0.3 is 11.1 Å². The second-order valence-corrected chi connectivity index (χ2v) is 5.99. The highest BCUT2D eigenvalue weighted by Crippen LogP contribution is 2.27. The molecule has 106 valence electrons. The van der Waals surface area contributed by atoms with E-state index in [0.29, 0.717) is 10.6 Å². The lowest BCUT2D eigenvalue weighted by molar-refractivity contribution is 0.103. The van der Waals surface area contributed by atoms with Gasteiger partial charge in [0, 0.05) is 16.3 Å². The van der Waals surface area contributed by atoms with Gasteiger partial charge in [-0.25, -0.2) is 0 Å². The van der Waals surface area contributed by atoms with Gasteiger partial charge in [-0.3, -0.25) is 4.79 Å². The Bertz CT molecular complexity index is 590. The van der Waals surface area contributed by atoms with Crippen LogP contribution in [0, 0.1) is 6.92 Å². The number of nitrogen functional groups attached to an aromatic ring is 1. The Morgan fingerprint density at radius 2 is 1.85 bits per heavy atom. The molecule has 2 aromatic rings. The van der Waals surface area contributed by atoms with Gasteiger partial charge in [0.2, 0.25) is 0 Å². The summed E-state index contributed by atoms with van der Waals surface area (Å²) < 4.78 is 0. The maximum atomic E-state index is 12.4. The molecule has 4 heteroatoms. The molecule has 0 saturated heterocycles. The Morgan fingerprint density at radius 1 is 1.25 bits per heavy atom. The Balaban J connectivity index is 2.31. The number of rotatable bonds is 4. The van der Waals surface area contributed by atoms with Gasteiger partial charge in [-0.1, -0.05) is 32.0 Å². The lowest BCUT2D eigenvalue weighted by Gasteiger charge is -2.13. The summed E-state index contributed by atoms with van der Waals surface area (Å²) in [6.45, 7) is 6.11. The van der Waals surface area contributed by atoms with Crippen molar-refractivity contribution in [3.8, 4) is 0 Å². The number of hydrogen-bond acceptors (Lipinski definition) is 3. The van der Waals surface area contributed by atoms with E-state index < -0.39 is 0 Å². The fraction of sp³-hybridized carbons (Fsp3) is 0.312. The van der Waals surface area contributed by atoms with E-state index in [4.69, 9.17) is 5.73 Å². The van der Waals surface area contributed by atoms with E-state index in [-0.39, 0.29) is 5.91 Å². The summed E-state index contributed by atoms with van der Waals surface area (Å²) in [5.41, 5.74) is 9.78. The molecule has 0 saturated carbocycles. The molecule has 2 rings (SSSR count). The predicted molar refractivity (Wildman–Crippen MR) is 86.6 cm³/mol. The molecule has 0 unspecified atom stereocenters. The average Bonchev–Trinajstić information content (AvgIpc) is 2.79. The first kappa shape index (κ1) is 14.6. The molecule has 0 fully saturated rings. The Labute approximate surface area is 123 Å². The SMILES string of the molecule is CCc1cccc(CC)c1NC(=O)c1cc(N)c(C)s1. The number of para-hydroxylation sites is 1. The second kappa shape index (κ2) is 6.09. The average molecular weight is 288 g/mol.